The Morgan fingerprint density at radius 2 is 1.81 bits per heavy atom. The summed E-state index contributed by atoms with van der Waals surface area (Å²) < 4.78 is 25.4. The first-order chi connectivity index (χ1) is 12.4. The van der Waals surface area contributed by atoms with E-state index in [0.29, 0.717) is 30.0 Å². The minimum Gasteiger partial charge on any atom is -0.472 e. The highest BCUT2D eigenvalue weighted by Gasteiger charge is 2.23. The lowest BCUT2D eigenvalue weighted by Gasteiger charge is -2.32. The quantitative estimate of drug-likeness (QED) is 0.603. The lowest BCUT2D eigenvalue weighted by atomic mass is 9.99. The third-order valence-corrected chi connectivity index (χ3v) is 5.25. The van der Waals surface area contributed by atoms with E-state index < -0.39 is 0 Å². The molecular weight excluding hydrogens is 333 g/mol. The number of rotatable bonds is 1. The van der Waals surface area contributed by atoms with Gasteiger partial charge in [0.1, 0.15) is 17.1 Å². The lowest BCUT2D eigenvalue weighted by molar-refractivity contribution is 0.287. The van der Waals surface area contributed by atoms with Crippen LogP contribution in [-0.4, -0.2) is 6.73 Å². The van der Waals surface area contributed by atoms with Crippen LogP contribution in [0.25, 0.3) is 11.0 Å². The number of fused-ring (bicyclic) bond motifs is 2. The minimum absolute atomic E-state index is 0.226. The van der Waals surface area contributed by atoms with E-state index in [2.05, 4.69) is 0 Å². The van der Waals surface area contributed by atoms with Crippen LogP contribution >= 0.6 is 0 Å². The third-order valence-electron chi connectivity index (χ3n) is 5.25. The standard InChI is InChI=1S/C21H20FNO3/c1-11-5-6-16(8-18(11)22)23-9-15-7-17-12(2)13(3)21(24)26-20(17)14(4)19(15)25-10-23/h5-8H,9-10H2,1-4H3. The van der Waals surface area contributed by atoms with E-state index in [0.717, 1.165) is 33.5 Å². The van der Waals surface area contributed by atoms with Gasteiger partial charge in [0.2, 0.25) is 0 Å². The Hall–Kier alpha value is -2.82. The van der Waals surface area contributed by atoms with Gasteiger partial charge in [-0.05, 0) is 57.0 Å². The average Bonchev–Trinajstić information content (AvgIpc) is 2.63. The van der Waals surface area contributed by atoms with Crippen LogP contribution in [0.2, 0.25) is 0 Å². The molecule has 0 saturated carbocycles. The number of aryl methyl sites for hydroxylation is 3. The fourth-order valence-electron chi connectivity index (χ4n) is 3.44. The number of hydrogen-bond acceptors (Lipinski definition) is 4. The molecule has 2 heterocycles. The molecule has 0 fully saturated rings. The molecule has 0 radical (unpaired) electrons. The molecule has 0 amide bonds. The molecule has 0 aliphatic carbocycles. The van der Waals surface area contributed by atoms with Gasteiger partial charge in [-0.15, -0.1) is 0 Å². The van der Waals surface area contributed by atoms with E-state index in [1.807, 2.05) is 30.9 Å². The molecule has 3 aromatic rings. The van der Waals surface area contributed by atoms with E-state index >= 15 is 0 Å². The average molecular weight is 353 g/mol. The van der Waals surface area contributed by atoms with Gasteiger partial charge in [-0.2, -0.15) is 0 Å². The number of ether oxygens (including phenoxy) is 1. The first-order valence-electron chi connectivity index (χ1n) is 8.57. The van der Waals surface area contributed by atoms with Crippen molar-refractivity contribution in [1.82, 2.24) is 0 Å². The maximum atomic E-state index is 13.9. The Morgan fingerprint density at radius 3 is 2.54 bits per heavy atom. The smallest absolute Gasteiger partial charge is 0.339 e. The normalized spacial score (nSPS) is 13.7. The Labute approximate surface area is 150 Å². The number of halogens is 1. The Bertz CT molecular complexity index is 1100. The largest absolute Gasteiger partial charge is 0.472 e. The summed E-state index contributed by atoms with van der Waals surface area (Å²) in [4.78, 5) is 14.0. The SMILES string of the molecule is Cc1ccc(N2COc3c(cc4c(C)c(C)c(=O)oc4c3C)C2)cc1F. The van der Waals surface area contributed by atoms with Crippen LogP contribution in [-0.2, 0) is 6.54 Å². The number of benzene rings is 2. The molecule has 0 atom stereocenters. The Balaban J connectivity index is 1.83. The second-order valence-corrected chi connectivity index (χ2v) is 6.91. The van der Waals surface area contributed by atoms with Crippen LogP contribution < -0.4 is 15.3 Å². The fraction of sp³-hybridized carbons (Fsp3) is 0.286. The Kier molecular flexibility index (Phi) is 3.75. The molecule has 26 heavy (non-hydrogen) atoms. The summed E-state index contributed by atoms with van der Waals surface area (Å²) in [7, 11) is 0. The van der Waals surface area contributed by atoms with Crippen LogP contribution in [0.15, 0.2) is 33.5 Å². The zero-order chi connectivity index (χ0) is 18.6. The molecule has 1 aromatic heterocycles. The first kappa shape index (κ1) is 16.6. The van der Waals surface area contributed by atoms with E-state index in [9.17, 15) is 9.18 Å². The Morgan fingerprint density at radius 1 is 1.04 bits per heavy atom. The van der Waals surface area contributed by atoms with Crippen molar-refractivity contribution in [2.45, 2.75) is 34.2 Å². The van der Waals surface area contributed by atoms with E-state index in [-0.39, 0.29) is 11.4 Å². The van der Waals surface area contributed by atoms with Crippen molar-refractivity contribution >= 4 is 16.7 Å². The first-order valence-corrected chi connectivity index (χ1v) is 8.57. The van der Waals surface area contributed by atoms with Crippen molar-refractivity contribution in [3.8, 4) is 5.75 Å². The van der Waals surface area contributed by atoms with Crippen molar-refractivity contribution in [2.75, 3.05) is 11.6 Å². The summed E-state index contributed by atoms with van der Waals surface area (Å²) in [5, 5.41) is 0.916. The highest BCUT2D eigenvalue weighted by Crippen LogP contribution is 2.37. The molecule has 4 rings (SSSR count). The number of nitrogens with zero attached hydrogens (tertiary/aromatic N) is 1. The molecule has 4 nitrogen and oxygen atoms in total. The van der Waals surface area contributed by atoms with Crippen molar-refractivity contribution in [3.05, 3.63) is 68.3 Å². The van der Waals surface area contributed by atoms with Gasteiger partial charge in [-0.25, -0.2) is 9.18 Å². The second kappa shape index (κ2) is 5.87. The number of anilines is 1. The van der Waals surface area contributed by atoms with Gasteiger partial charge in [-0.1, -0.05) is 6.07 Å². The van der Waals surface area contributed by atoms with E-state index in [4.69, 9.17) is 9.15 Å². The molecule has 0 unspecified atom stereocenters. The summed E-state index contributed by atoms with van der Waals surface area (Å²) >= 11 is 0. The molecule has 134 valence electrons. The molecule has 1 aliphatic rings. The molecule has 0 spiro atoms. The third kappa shape index (κ3) is 2.46. The number of hydrogen-bond donors (Lipinski definition) is 0. The summed E-state index contributed by atoms with van der Waals surface area (Å²) in [6.07, 6.45) is 0. The molecule has 0 bridgehead atoms. The summed E-state index contributed by atoms with van der Waals surface area (Å²) in [6.45, 7) is 8.27. The van der Waals surface area contributed by atoms with Crippen molar-refractivity contribution in [2.24, 2.45) is 0 Å². The van der Waals surface area contributed by atoms with E-state index in [1.54, 1.807) is 19.9 Å². The molecule has 5 heteroatoms. The zero-order valence-electron chi connectivity index (χ0n) is 15.3. The van der Waals surface area contributed by atoms with Gasteiger partial charge in [0.25, 0.3) is 0 Å². The predicted molar refractivity (Wildman–Crippen MR) is 99.5 cm³/mol. The maximum Gasteiger partial charge on any atom is 0.339 e. The van der Waals surface area contributed by atoms with Crippen molar-refractivity contribution in [3.63, 3.8) is 0 Å². The van der Waals surface area contributed by atoms with Crippen LogP contribution in [0.4, 0.5) is 10.1 Å². The highest BCUT2D eigenvalue weighted by molar-refractivity contribution is 5.87. The van der Waals surface area contributed by atoms with Gasteiger partial charge in [0, 0.05) is 34.3 Å². The molecule has 1 aliphatic heterocycles. The molecule has 2 aromatic carbocycles. The second-order valence-electron chi connectivity index (χ2n) is 6.91. The topological polar surface area (TPSA) is 42.7 Å². The monoisotopic (exact) mass is 353 g/mol. The van der Waals surface area contributed by atoms with Crippen molar-refractivity contribution in [1.29, 1.82) is 0 Å². The maximum absolute atomic E-state index is 13.9. The molecular formula is C21H20FNO3. The summed E-state index contributed by atoms with van der Waals surface area (Å²) in [6, 6.07) is 7.22. The summed E-state index contributed by atoms with van der Waals surface area (Å²) in [5.41, 5.74) is 5.02. The zero-order valence-corrected chi connectivity index (χ0v) is 15.3. The van der Waals surface area contributed by atoms with Gasteiger partial charge in [0.05, 0.1) is 0 Å². The molecule has 0 N–H and O–H groups in total. The minimum atomic E-state index is -0.314. The predicted octanol–water partition coefficient (Wildman–Crippen LogP) is 4.52. The fourth-order valence-corrected chi connectivity index (χ4v) is 3.44. The van der Waals surface area contributed by atoms with Crippen LogP contribution in [0.3, 0.4) is 0 Å². The van der Waals surface area contributed by atoms with Gasteiger partial charge in [-0.3, -0.25) is 0 Å². The lowest BCUT2D eigenvalue weighted by Crippen LogP contribution is -2.32. The van der Waals surface area contributed by atoms with Crippen LogP contribution in [0.5, 0.6) is 5.75 Å². The highest BCUT2D eigenvalue weighted by atomic mass is 19.1. The van der Waals surface area contributed by atoms with Gasteiger partial charge in [0.15, 0.2) is 6.73 Å². The van der Waals surface area contributed by atoms with Crippen molar-refractivity contribution < 1.29 is 13.5 Å². The van der Waals surface area contributed by atoms with Gasteiger partial charge >= 0.3 is 5.63 Å². The van der Waals surface area contributed by atoms with Crippen LogP contribution in [0.1, 0.15) is 27.8 Å². The van der Waals surface area contributed by atoms with E-state index in [1.165, 1.54) is 6.07 Å². The van der Waals surface area contributed by atoms with Crippen LogP contribution in [0, 0.1) is 33.5 Å². The summed E-state index contributed by atoms with van der Waals surface area (Å²) in [5.74, 6) is 0.518. The van der Waals surface area contributed by atoms with Gasteiger partial charge < -0.3 is 14.1 Å². The molecule has 0 saturated heterocycles.